The third-order valence-corrected chi connectivity index (χ3v) is 4.04. The van der Waals surface area contributed by atoms with Crippen molar-refractivity contribution in [3.05, 3.63) is 35.4 Å². The predicted octanol–water partition coefficient (Wildman–Crippen LogP) is 1.52. The van der Waals surface area contributed by atoms with Gasteiger partial charge in [-0.2, -0.15) is 0 Å². The average Bonchev–Trinajstić information content (AvgIpc) is 2.49. The summed E-state index contributed by atoms with van der Waals surface area (Å²) in [6.07, 6.45) is 13.9. The molecular formula is C19H29LiO2. The molecule has 0 atom stereocenters. The number of unbranched alkanes of at least 4 members (excludes halogenated alkanes) is 9. The Labute approximate surface area is 147 Å². The minimum Gasteiger partial charge on any atom is -0.545 e. The van der Waals surface area contributed by atoms with Crippen LogP contribution in [-0.4, -0.2) is 5.97 Å². The number of hydrogen-bond donors (Lipinski definition) is 0. The van der Waals surface area contributed by atoms with Crippen molar-refractivity contribution in [2.45, 2.75) is 77.6 Å². The van der Waals surface area contributed by atoms with E-state index in [1.165, 1.54) is 57.8 Å². The second-order valence-corrected chi connectivity index (χ2v) is 5.88. The SMILES string of the molecule is CCCCCCCCCCCCc1ccccc1C(=O)[O-].[Li+]. The summed E-state index contributed by atoms with van der Waals surface area (Å²) in [5.41, 5.74) is 1.27. The van der Waals surface area contributed by atoms with Crippen molar-refractivity contribution in [1.82, 2.24) is 0 Å². The van der Waals surface area contributed by atoms with Crippen LogP contribution in [0.25, 0.3) is 0 Å². The second-order valence-electron chi connectivity index (χ2n) is 5.88. The van der Waals surface area contributed by atoms with Gasteiger partial charge in [-0.25, -0.2) is 0 Å². The second kappa shape index (κ2) is 13.9. The van der Waals surface area contributed by atoms with Gasteiger partial charge in [-0.3, -0.25) is 0 Å². The Balaban J connectivity index is 0.00000441. The van der Waals surface area contributed by atoms with Gasteiger partial charge in [0.05, 0.1) is 5.97 Å². The first-order valence-corrected chi connectivity index (χ1v) is 8.55. The maximum atomic E-state index is 11.0. The summed E-state index contributed by atoms with van der Waals surface area (Å²) in [6.45, 7) is 2.25. The molecule has 118 valence electrons. The first-order valence-electron chi connectivity index (χ1n) is 8.55. The van der Waals surface area contributed by atoms with Crippen molar-refractivity contribution in [3.8, 4) is 0 Å². The third kappa shape index (κ3) is 9.33. The molecule has 0 aliphatic carbocycles. The van der Waals surface area contributed by atoms with Crippen molar-refractivity contribution < 1.29 is 28.8 Å². The normalized spacial score (nSPS) is 10.2. The van der Waals surface area contributed by atoms with Gasteiger partial charge < -0.3 is 9.90 Å². The summed E-state index contributed by atoms with van der Waals surface area (Å²) in [5, 5.41) is 11.0. The van der Waals surface area contributed by atoms with Crippen LogP contribution in [0.2, 0.25) is 0 Å². The molecule has 0 saturated heterocycles. The van der Waals surface area contributed by atoms with Gasteiger partial charge in [0.1, 0.15) is 0 Å². The van der Waals surface area contributed by atoms with Crippen LogP contribution in [0.5, 0.6) is 0 Å². The van der Waals surface area contributed by atoms with Crippen LogP contribution in [0.1, 0.15) is 87.1 Å². The summed E-state index contributed by atoms with van der Waals surface area (Å²) < 4.78 is 0. The summed E-state index contributed by atoms with van der Waals surface area (Å²) in [7, 11) is 0. The van der Waals surface area contributed by atoms with Crippen molar-refractivity contribution >= 4 is 5.97 Å². The van der Waals surface area contributed by atoms with E-state index in [-0.39, 0.29) is 18.9 Å². The molecule has 0 amide bonds. The maximum Gasteiger partial charge on any atom is 1.00 e. The molecule has 0 heterocycles. The van der Waals surface area contributed by atoms with E-state index in [1.54, 1.807) is 12.1 Å². The molecule has 0 aromatic heterocycles. The first-order chi connectivity index (χ1) is 10.3. The van der Waals surface area contributed by atoms with Crippen molar-refractivity contribution in [1.29, 1.82) is 0 Å². The van der Waals surface area contributed by atoms with Crippen LogP contribution in [0, 0.1) is 0 Å². The minimum absolute atomic E-state index is 0. The van der Waals surface area contributed by atoms with E-state index in [4.69, 9.17) is 0 Å². The molecule has 22 heavy (non-hydrogen) atoms. The topological polar surface area (TPSA) is 40.1 Å². The Bertz CT molecular complexity index is 404. The van der Waals surface area contributed by atoms with E-state index in [0.29, 0.717) is 5.56 Å². The first kappa shape index (κ1) is 21.3. The van der Waals surface area contributed by atoms with Crippen molar-refractivity contribution in [2.75, 3.05) is 0 Å². The summed E-state index contributed by atoms with van der Waals surface area (Å²) in [4.78, 5) is 11.0. The number of carboxylic acids is 1. The zero-order chi connectivity index (χ0) is 15.3. The molecule has 1 aromatic carbocycles. The Morgan fingerprint density at radius 2 is 1.36 bits per heavy atom. The van der Waals surface area contributed by atoms with Crippen LogP contribution < -0.4 is 24.0 Å². The van der Waals surface area contributed by atoms with Gasteiger partial charge >= 0.3 is 18.9 Å². The molecule has 0 aliphatic rings. The number of carbonyl (C=O) groups excluding carboxylic acids is 1. The average molecular weight is 296 g/mol. The molecule has 1 rings (SSSR count). The van der Waals surface area contributed by atoms with Crippen LogP contribution in [0.3, 0.4) is 0 Å². The quantitative estimate of drug-likeness (QED) is 0.433. The Morgan fingerprint density at radius 3 is 1.91 bits per heavy atom. The summed E-state index contributed by atoms with van der Waals surface area (Å²) >= 11 is 0. The molecule has 0 saturated carbocycles. The molecule has 0 unspecified atom stereocenters. The van der Waals surface area contributed by atoms with E-state index in [1.807, 2.05) is 12.1 Å². The van der Waals surface area contributed by atoms with Crippen LogP contribution in [-0.2, 0) is 6.42 Å². The molecule has 3 heteroatoms. The van der Waals surface area contributed by atoms with Gasteiger partial charge in [0, 0.05) is 5.56 Å². The fourth-order valence-electron chi connectivity index (χ4n) is 2.74. The van der Waals surface area contributed by atoms with Gasteiger partial charge in [-0.15, -0.1) is 0 Å². The zero-order valence-electron chi connectivity index (χ0n) is 14.4. The van der Waals surface area contributed by atoms with Gasteiger partial charge in [0.25, 0.3) is 0 Å². The number of carbonyl (C=O) groups is 1. The Hall–Kier alpha value is -0.713. The molecule has 0 radical (unpaired) electrons. The number of aromatic carboxylic acids is 1. The molecule has 0 bridgehead atoms. The summed E-state index contributed by atoms with van der Waals surface area (Å²) in [6, 6.07) is 7.20. The van der Waals surface area contributed by atoms with Crippen LogP contribution in [0.4, 0.5) is 0 Å². The van der Waals surface area contributed by atoms with Crippen LogP contribution in [0.15, 0.2) is 24.3 Å². The van der Waals surface area contributed by atoms with Gasteiger partial charge in [0.2, 0.25) is 0 Å². The van der Waals surface area contributed by atoms with Gasteiger partial charge in [-0.05, 0) is 18.4 Å². The molecule has 0 aliphatic heterocycles. The van der Waals surface area contributed by atoms with Crippen molar-refractivity contribution in [3.63, 3.8) is 0 Å². The van der Waals surface area contributed by atoms with Crippen LogP contribution >= 0.6 is 0 Å². The minimum atomic E-state index is -1.06. The Morgan fingerprint density at radius 1 is 0.864 bits per heavy atom. The predicted molar refractivity (Wildman–Crippen MR) is 86.3 cm³/mol. The number of carboxylic acid groups (broad SMARTS) is 1. The zero-order valence-corrected chi connectivity index (χ0v) is 14.4. The third-order valence-electron chi connectivity index (χ3n) is 4.04. The van der Waals surface area contributed by atoms with Crippen molar-refractivity contribution in [2.24, 2.45) is 0 Å². The van der Waals surface area contributed by atoms with E-state index in [2.05, 4.69) is 6.92 Å². The smallest absolute Gasteiger partial charge is 0.545 e. The summed E-state index contributed by atoms with van der Waals surface area (Å²) in [5.74, 6) is -1.06. The number of benzene rings is 1. The fourth-order valence-corrected chi connectivity index (χ4v) is 2.74. The largest absolute Gasteiger partial charge is 1.00 e. The molecule has 2 nitrogen and oxygen atoms in total. The number of rotatable bonds is 12. The maximum absolute atomic E-state index is 11.0. The molecule has 0 spiro atoms. The van der Waals surface area contributed by atoms with E-state index < -0.39 is 5.97 Å². The molecular weight excluding hydrogens is 267 g/mol. The Kier molecular flexibility index (Phi) is 13.5. The molecule has 1 aromatic rings. The van der Waals surface area contributed by atoms with E-state index in [0.717, 1.165) is 18.4 Å². The number of hydrogen-bond acceptors (Lipinski definition) is 2. The van der Waals surface area contributed by atoms with E-state index in [9.17, 15) is 9.90 Å². The number of aryl methyl sites for hydroxylation is 1. The van der Waals surface area contributed by atoms with Gasteiger partial charge in [0.15, 0.2) is 0 Å². The molecule has 0 N–H and O–H groups in total. The monoisotopic (exact) mass is 296 g/mol. The van der Waals surface area contributed by atoms with E-state index >= 15 is 0 Å². The molecule has 0 fully saturated rings. The fraction of sp³-hybridized carbons (Fsp3) is 0.632. The van der Waals surface area contributed by atoms with Gasteiger partial charge in [-0.1, -0.05) is 89.0 Å². The standard InChI is InChI=1S/C19H30O2.Li/c1-2-3-4-5-6-7-8-9-10-11-14-17-15-12-13-16-18(17)19(20)21;/h12-13,15-16H,2-11,14H2,1H3,(H,20,21);/q;+1/p-1.